The first-order valence-corrected chi connectivity index (χ1v) is 6.96. The third-order valence-corrected chi connectivity index (χ3v) is 3.38. The van der Waals surface area contributed by atoms with Crippen molar-refractivity contribution in [3.63, 3.8) is 0 Å². The molecule has 0 atom stereocenters. The zero-order valence-electron chi connectivity index (χ0n) is 12.7. The lowest BCUT2D eigenvalue weighted by atomic mass is 10.1. The molecular formula is C16H23N3O. The SMILES string of the molecule is COCCCn1ccnc1Nc1c(C)cc(C)cc1C. The Kier molecular flexibility index (Phi) is 4.79. The van der Waals surface area contributed by atoms with E-state index in [-0.39, 0.29) is 0 Å². The number of methoxy groups -OCH3 is 1. The van der Waals surface area contributed by atoms with E-state index in [9.17, 15) is 0 Å². The number of nitrogens with zero attached hydrogens (tertiary/aromatic N) is 2. The average Bonchev–Trinajstić information content (AvgIpc) is 2.81. The molecule has 0 fully saturated rings. The minimum absolute atomic E-state index is 0.764. The first kappa shape index (κ1) is 14.6. The van der Waals surface area contributed by atoms with Crippen molar-refractivity contribution < 1.29 is 4.74 Å². The molecule has 1 N–H and O–H groups in total. The van der Waals surface area contributed by atoms with Gasteiger partial charge in [0.25, 0.3) is 0 Å². The summed E-state index contributed by atoms with van der Waals surface area (Å²) < 4.78 is 7.22. The average molecular weight is 273 g/mol. The first-order chi connectivity index (χ1) is 9.61. The van der Waals surface area contributed by atoms with E-state index in [2.05, 4.69) is 47.8 Å². The molecule has 1 aromatic heterocycles. The van der Waals surface area contributed by atoms with Gasteiger partial charge in [0.1, 0.15) is 0 Å². The van der Waals surface area contributed by atoms with Crippen molar-refractivity contribution in [3.05, 3.63) is 41.2 Å². The highest BCUT2D eigenvalue weighted by Crippen LogP contribution is 2.25. The van der Waals surface area contributed by atoms with Crippen molar-refractivity contribution in [2.24, 2.45) is 0 Å². The summed E-state index contributed by atoms with van der Waals surface area (Å²) >= 11 is 0. The fourth-order valence-electron chi connectivity index (χ4n) is 2.48. The van der Waals surface area contributed by atoms with Crippen molar-refractivity contribution in [1.29, 1.82) is 0 Å². The lowest BCUT2D eigenvalue weighted by Crippen LogP contribution is -2.07. The van der Waals surface area contributed by atoms with Gasteiger partial charge in [-0.25, -0.2) is 4.98 Å². The van der Waals surface area contributed by atoms with Crippen LogP contribution in [-0.2, 0) is 11.3 Å². The number of aryl methyl sites for hydroxylation is 4. The molecule has 0 amide bonds. The van der Waals surface area contributed by atoms with Crippen LogP contribution in [0.4, 0.5) is 11.6 Å². The molecule has 0 aliphatic carbocycles. The Hall–Kier alpha value is -1.81. The molecule has 2 aromatic rings. The first-order valence-electron chi connectivity index (χ1n) is 6.96. The van der Waals surface area contributed by atoms with Gasteiger partial charge in [-0.15, -0.1) is 0 Å². The smallest absolute Gasteiger partial charge is 0.207 e. The molecule has 0 saturated heterocycles. The topological polar surface area (TPSA) is 39.1 Å². The van der Waals surface area contributed by atoms with Gasteiger partial charge in [0, 0.05) is 38.3 Å². The van der Waals surface area contributed by atoms with E-state index < -0.39 is 0 Å². The van der Waals surface area contributed by atoms with E-state index in [0.29, 0.717) is 0 Å². The van der Waals surface area contributed by atoms with Crippen LogP contribution in [0.15, 0.2) is 24.5 Å². The molecule has 108 valence electrons. The van der Waals surface area contributed by atoms with E-state index in [4.69, 9.17) is 4.74 Å². The second kappa shape index (κ2) is 6.57. The third kappa shape index (κ3) is 3.39. The highest BCUT2D eigenvalue weighted by molar-refractivity contribution is 5.63. The van der Waals surface area contributed by atoms with Crippen molar-refractivity contribution in [2.45, 2.75) is 33.7 Å². The quantitative estimate of drug-likeness (QED) is 0.817. The fraction of sp³-hybridized carbons (Fsp3) is 0.438. The van der Waals surface area contributed by atoms with Crippen LogP contribution in [0.2, 0.25) is 0 Å². The molecule has 0 aliphatic heterocycles. The largest absolute Gasteiger partial charge is 0.385 e. The van der Waals surface area contributed by atoms with E-state index in [0.717, 1.165) is 31.2 Å². The predicted octanol–water partition coefficient (Wildman–Crippen LogP) is 3.59. The molecule has 2 rings (SSSR count). The Morgan fingerprint density at radius 3 is 2.55 bits per heavy atom. The lowest BCUT2D eigenvalue weighted by Gasteiger charge is -2.14. The Bertz CT molecular complexity index is 552. The van der Waals surface area contributed by atoms with Crippen LogP contribution in [0.5, 0.6) is 0 Å². The Balaban J connectivity index is 2.16. The summed E-state index contributed by atoms with van der Waals surface area (Å²) in [4.78, 5) is 4.41. The molecule has 0 unspecified atom stereocenters. The van der Waals surface area contributed by atoms with E-state index >= 15 is 0 Å². The molecule has 4 nitrogen and oxygen atoms in total. The number of rotatable bonds is 6. The van der Waals surface area contributed by atoms with E-state index in [1.165, 1.54) is 16.7 Å². The van der Waals surface area contributed by atoms with Gasteiger partial charge < -0.3 is 14.6 Å². The number of hydrogen-bond acceptors (Lipinski definition) is 3. The number of anilines is 2. The van der Waals surface area contributed by atoms with Crippen LogP contribution in [0.3, 0.4) is 0 Å². The lowest BCUT2D eigenvalue weighted by molar-refractivity contribution is 0.190. The van der Waals surface area contributed by atoms with Crippen LogP contribution in [0, 0.1) is 20.8 Å². The summed E-state index contributed by atoms with van der Waals surface area (Å²) in [7, 11) is 1.73. The molecule has 1 aromatic carbocycles. The number of imidazole rings is 1. The molecule has 0 bridgehead atoms. The zero-order valence-corrected chi connectivity index (χ0v) is 12.7. The minimum atomic E-state index is 0.764. The predicted molar refractivity (Wildman–Crippen MR) is 82.7 cm³/mol. The van der Waals surface area contributed by atoms with Gasteiger partial charge in [0.2, 0.25) is 5.95 Å². The zero-order chi connectivity index (χ0) is 14.5. The van der Waals surface area contributed by atoms with E-state index in [1.54, 1.807) is 7.11 Å². The molecule has 0 saturated carbocycles. The monoisotopic (exact) mass is 273 g/mol. The van der Waals surface area contributed by atoms with Gasteiger partial charge in [-0.3, -0.25) is 0 Å². The van der Waals surface area contributed by atoms with Crippen LogP contribution < -0.4 is 5.32 Å². The Morgan fingerprint density at radius 1 is 1.20 bits per heavy atom. The van der Waals surface area contributed by atoms with Gasteiger partial charge in [0.15, 0.2) is 0 Å². The molecule has 20 heavy (non-hydrogen) atoms. The normalized spacial score (nSPS) is 10.8. The highest BCUT2D eigenvalue weighted by atomic mass is 16.5. The highest BCUT2D eigenvalue weighted by Gasteiger charge is 2.08. The van der Waals surface area contributed by atoms with Crippen molar-refractivity contribution in [1.82, 2.24) is 9.55 Å². The van der Waals surface area contributed by atoms with Crippen molar-refractivity contribution >= 4 is 11.6 Å². The maximum atomic E-state index is 5.10. The third-order valence-electron chi connectivity index (χ3n) is 3.38. The molecule has 0 spiro atoms. The maximum Gasteiger partial charge on any atom is 0.207 e. The van der Waals surface area contributed by atoms with Crippen LogP contribution >= 0.6 is 0 Å². The summed E-state index contributed by atoms with van der Waals surface area (Å²) in [6.07, 6.45) is 4.80. The van der Waals surface area contributed by atoms with E-state index in [1.807, 2.05) is 12.4 Å². The molecule has 0 radical (unpaired) electrons. The number of hydrogen-bond donors (Lipinski definition) is 1. The minimum Gasteiger partial charge on any atom is -0.385 e. The molecule has 4 heteroatoms. The van der Waals surface area contributed by atoms with Crippen LogP contribution in [-0.4, -0.2) is 23.3 Å². The number of ether oxygens (including phenoxy) is 1. The van der Waals surface area contributed by atoms with Crippen LogP contribution in [0.25, 0.3) is 0 Å². The summed E-state index contributed by atoms with van der Waals surface area (Å²) in [5, 5.41) is 3.45. The molecule has 0 aliphatic rings. The standard InChI is InChI=1S/C16H23N3O/c1-12-10-13(2)15(14(3)11-12)18-16-17-6-8-19(16)7-5-9-20-4/h6,8,10-11H,5,7,9H2,1-4H3,(H,17,18). The van der Waals surface area contributed by atoms with Gasteiger partial charge in [-0.2, -0.15) is 0 Å². The maximum absolute atomic E-state index is 5.10. The van der Waals surface area contributed by atoms with Crippen molar-refractivity contribution in [3.8, 4) is 0 Å². The van der Waals surface area contributed by atoms with Gasteiger partial charge in [0.05, 0.1) is 0 Å². The molecule has 1 heterocycles. The number of nitrogens with one attached hydrogen (secondary N) is 1. The molecular weight excluding hydrogens is 250 g/mol. The fourth-order valence-corrected chi connectivity index (χ4v) is 2.48. The van der Waals surface area contributed by atoms with Crippen molar-refractivity contribution in [2.75, 3.05) is 19.0 Å². The van der Waals surface area contributed by atoms with Gasteiger partial charge >= 0.3 is 0 Å². The second-order valence-corrected chi connectivity index (χ2v) is 5.19. The Labute approximate surface area is 120 Å². The summed E-state index contributed by atoms with van der Waals surface area (Å²) in [6.45, 7) is 8.04. The second-order valence-electron chi connectivity index (χ2n) is 5.19. The van der Waals surface area contributed by atoms with Gasteiger partial charge in [-0.05, 0) is 38.3 Å². The number of aromatic nitrogens is 2. The number of benzene rings is 1. The van der Waals surface area contributed by atoms with Gasteiger partial charge in [-0.1, -0.05) is 17.7 Å². The van der Waals surface area contributed by atoms with Crippen LogP contribution in [0.1, 0.15) is 23.1 Å². The summed E-state index contributed by atoms with van der Waals surface area (Å²) in [5.41, 5.74) is 4.92. The summed E-state index contributed by atoms with van der Waals surface area (Å²) in [6, 6.07) is 4.38. The Morgan fingerprint density at radius 2 is 1.90 bits per heavy atom. The summed E-state index contributed by atoms with van der Waals surface area (Å²) in [5.74, 6) is 0.885.